The Morgan fingerprint density at radius 2 is 2.12 bits per heavy atom. The molecule has 126 valence electrons. The number of benzene rings is 2. The van der Waals surface area contributed by atoms with Crippen molar-refractivity contribution in [1.29, 1.82) is 0 Å². The van der Waals surface area contributed by atoms with Crippen molar-refractivity contribution in [1.82, 2.24) is 20.0 Å². The van der Waals surface area contributed by atoms with E-state index in [4.69, 9.17) is 4.52 Å². The lowest BCUT2D eigenvalue weighted by Crippen LogP contribution is -2.26. The monoisotopic (exact) mass is 338 g/mol. The van der Waals surface area contributed by atoms with Crippen LogP contribution >= 0.6 is 0 Å². The summed E-state index contributed by atoms with van der Waals surface area (Å²) in [7, 11) is 1.83. The average molecular weight is 338 g/mol. The molecule has 1 amide bonds. The standard InChI is InChI=1S/C18H15FN4O2/c1-23-15-7-6-11(19)8-14(15)21-17(23)10-20-18(24)9-13-12-4-2-3-5-16(12)25-22-13/h2-8H,9-10H2,1H3,(H,20,24). The quantitative estimate of drug-likeness (QED) is 0.621. The van der Waals surface area contributed by atoms with E-state index in [0.29, 0.717) is 22.6 Å². The fourth-order valence-corrected chi connectivity index (χ4v) is 2.84. The molecule has 0 spiro atoms. The van der Waals surface area contributed by atoms with Crippen LogP contribution in [-0.2, 0) is 24.8 Å². The Hall–Kier alpha value is -3.22. The van der Waals surface area contributed by atoms with Gasteiger partial charge in [0.05, 0.1) is 24.0 Å². The van der Waals surface area contributed by atoms with Crippen LogP contribution in [-0.4, -0.2) is 20.6 Å². The van der Waals surface area contributed by atoms with Gasteiger partial charge in [-0.2, -0.15) is 0 Å². The summed E-state index contributed by atoms with van der Waals surface area (Å²) in [6.45, 7) is 0.251. The summed E-state index contributed by atoms with van der Waals surface area (Å²) < 4.78 is 20.3. The molecule has 0 saturated heterocycles. The van der Waals surface area contributed by atoms with Crippen LogP contribution in [0.1, 0.15) is 11.5 Å². The molecule has 2 aromatic carbocycles. The van der Waals surface area contributed by atoms with E-state index in [-0.39, 0.29) is 24.7 Å². The Kier molecular flexibility index (Phi) is 3.68. The number of fused-ring (bicyclic) bond motifs is 2. The summed E-state index contributed by atoms with van der Waals surface area (Å²) in [4.78, 5) is 16.6. The Bertz CT molecular complexity index is 1080. The normalized spacial score (nSPS) is 11.3. The summed E-state index contributed by atoms with van der Waals surface area (Å²) in [5, 5.41) is 7.60. The molecular formula is C18H15FN4O2. The van der Waals surface area contributed by atoms with Gasteiger partial charge in [0.15, 0.2) is 5.58 Å². The van der Waals surface area contributed by atoms with E-state index in [2.05, 4.69) is 15.5 Å². The van der Waals surface area contributed by atoms with Crippen LogP contribution in [0.2, 0.25) is 0 Å². The predicted molar refractivity (Wildman–Crippen MR) is 90.2 cm³/mol. The first-order chi connectivity index (χ1) is 12.1. The van der Waals surface area contributed by atoms with Crippen LogP contribution in [0.25, 0.3) is 22.0 Å². The van der Waals surface area contributed by atoms with Gasteiger partial charge in [0.1, 0.15) is 17.3 Å². The summed E-state index contributed by atoms with van der Waals surface area (Å²) in [5.74, 6) is 0.135. The summed E-state index contributed by atoms with van der Waals surface area (Å²) >= 11 is 0. The molecule has 0 radical (unpaired) electrons. The molecule has 4 aromatic rings. The number of amides is 1. The van der Waals surface area contributed by atoms with Gasteiger partial charge in [-0.1, -0.05) is 17.3 Å². The van der Waals surface area contributed by atoms with Crippen LogP contribution in [0.4, 0.5) is 4.39 Å². The lowest BCUT2D eigenvalue weighted by atomic mass is 10.1. The number of aryl methyl sites for hydroxylation is 1. The molecule has 0 bridgehead atoms. The molecule has 0 atom stereocenters. The summed E-state index contributed by atoms with van der Waals surface area (Å²) in [6.07, 6.45) is 0.121. The second kappa shape index (κ2) is 6.01. The number of rotatable bonds is 4. The first-order valence-corrected chi connectivity index (χ1v) is 7.82. The van der Waals surface area contributed by atoms with Gasteiger partial charge >= 0.3 is 0 Å². The lowest BCUT2D eigenvalue weighted by Gasteiger charge is -2.04. The third-order valence-corrected chi connectivity index (χ3v) is 4.16. The second-order valence-corrected chi connectivity index (χ2v) is 5.80. The van der Waals surface area contributed by atoms with Gasteiger partial charge in [-0.05, 0) is 24.3 Å². The maximum absolute atomic E-state index is 13.3. The fraction of sp³-hybridized carbons (Fsp3) is 0.167. The number of nitrogens with one attached hydrogen (secondary N) is 1. The van der Waals surface area contributed by atoms with Crippen LogP contribution in [0.15, 0.2) is 47.0 Å². The van der Waals surface area contributed by atoms with Gasteiger partial charge in [0, 0.05) is 18.5 Å². The zero-order valence-corrected chi connectivity index (χ0v) is 13.5. The van der Waals surface area contributed by atoms with Crippen molar-refractivity contribution < 1.29 is 13.7 Å². The highest BCUT2D eigenvalue weighted by atomic mass is 19.1. The lowest BCUT2D eigenvalue weighted by molar-refractivity contribution is -0.120. The Labute approximate surface area is 142 Å². The zero-order chi connectivity index (χ0) is 17.4. The average Bonchev–Trinajstić information content (AvgIpc) is 3.14. The van der Waals surface area contributed by atoms with Crippen molar-refractivity contribution in [2.24, 2.45) is 7.05 Å². The number of halogens is 1. The van der Waals surface area contributed by atoms with Crippen molar-refractivity contribution in [2.45, 2.75) is 13.0 Å². The topological polar surface area (TPSA) is 73.0 Å². The highest BCUT2D eigenvalue weighted by molar-refractivity contribution is 5.86. The van der Waals surface area contributed by atoms with Crippen molar-refractivity contribution in [3.8, 4) is 0 Å². The predicted octanol–water partition coefficient (Wildman–Crippen LogP) is 2.71. The molecule has 0 aliphatic rings. The smallest absolute Gasteiger partial charge is 0.226 e. The van der Waals surface area contributed by atoms with Crippen LogP contribution < -0.4 is 5.32 Å². The highest BCUT2D eigenvalue weighted by Crippen LogP contribution is 2.18. The highest BCUT2D eigenvalue weighted by Gasteiger charge is 2.13. The van der Waals surface area contributed by atoms with Gasteiger partial charge < -0.3 is 14.4 Å². The van der Waals surface area contributed by atoms with Gasteiger partial charge in [-0.15, -0.1) is 0 Å². The van der Waals surface area contributed by atoms with Crippen LogP contribution in [0.5, 0.6) is 0 Å². The molecule has 0 aliphatic carbocycles. The SMILES string of the molecule is Cn1c(CNC(=O)Cc2noc3ccccc23)nc2cc(F)ccc21. The second-order valence-electron chi connectivity index (χ2n) is 5.80. The first kappa shape index (κ1) is 15.3. The molecule has 2 heterocycles. The Morgan fingerprint density at radius 1 is 1.28 bits per heavy atom. The molecule has 2 aromatic heterocycles. The molecule has 0 saturated carbocycles. The van der Waals surface area contributed by atoms with Gasteiger partial charge in [-0.25, -0.2) is 9.37 Å². The van der Waals surface area contributed by atoms with Crippen LogP contribution in [0, 0.1) is 5.82 Å². The van der Waals surface area contributed by atoms with E-state index in [1.54, 1.807) is 6.07 Å². The first-order valence-electron chi connectivity index (χ1n) is 7.82. The molecular weight excluding hydrogens is 323 g/mol. The minimum absolute atomic E-state index is 0.121. The minimum Gasteiger partial charge on any atom is -0.356 e. The minimum atomic E-state index is -0.334. The van der Waals surface area contributed by atoms with E-state index < -0.39 is 0 Å². The molecule has 7 heteroatoms. The molecule has 0 fully saturated rings. The number of hydrogen-bond donors (Lipinski definition) is 1. The van der Waals surface area contributed by atoms with Crippen molar-refractivity contribution in [2.75, 3.05) is 0 Å². The zero-order valence-electron chi connectivity index (χ0n) is 13.5. The molecule has 6 nitrogen and oxygen atoms in total. The number of imidazole rings is 1. The third-order valence-electron chi connectivity index (χ3n) is 4.16. The number of carbonyl (C=O) groups is 1. The maximum Gasteiger partial charge on any atom is 0.226 e. The maximum atomic E-state index is 13.3. The molecule has 4 rings (SSSR count). The van der Waals surface area contributed by atoms with E-state index in [9.17, 15) is 9.18 Å². The van der Waals surface area contributed by atoms with Crippen molar-refractivity contribution >= 4 is 27.9 Å². The molecule has 0 aliphatic heterocycles. The summed E-state index contributed by atoms with van der Waals surface area (Å²) in [6, 6.07) is 11.8. The number of para-hydroxylation sites is 1. The van der Waals surface area contributed by atoms with Gasteiger partial charge in [0.25, 0.3) is 0 Å². The van der Waals surface area contributed by atoms with Gasteiger partial charge in [-0.3, -0.25) is 4.79 Å². The molecule has 0 unspecified atom stereocenters. The number of hydrogen-bond acceptors (Lipinski definition) is 4. The fourth-order valence-electron chi connectivity index (χ4n) is 2.84. The van der Waals surface area contributed by atoms with E-state index in [0.717, 1.165) is 10.9 Å². The van der Waals surface area contributed by atoms with E-state index in [1.807, 2.05) is 35.9 Å². The van der Waals surface area contributed by atoms with Crippen molar-refractivity contribution in [3.63, 3.8) is 0 Å². The molecule has 1 N–H and O–H groups in total. The van der Waals surface area contributed by atoms with Crippen molar-refractivity contribution in [3.05, 3.63) is 59.8 Å². The number of carbonyl (C=O) groups excluding carboxylic acids is 1. The van der Waals surface area contributed by atoms with E-state index in [1.165, 1.54) is 12.1 Å². The number of nitrogens with zero attached hydrogens (tertiary/aromatic N) is 3. The molecule has 25 heavy (non-hydrogen) atoms. The number of aromatic nitrogens is 3. The third kappa shape index (κ3) is 2.84. The van der Waals surface area contributed by atoms with E-state index >= 15 is 0 Å². The largest absolute Gasteiger partial charge is 0.356 e. The van der Waals surface area contributed by atoms with Gasteiger partial charge in [0.2, 0.25) is 5.91 Å². The Balaban J connectivity index is 1.48. The van der Waals surface area contributed by atoms with Crippen LogP contribution in [0.3, 0.4) is 0 Å². The Morgan fingerprint density at radius 3 is 3.00 bits per heavy atom. The summed E-state index contributed by atoms with van der Waals surface area (Å²) in [5.41, 5.74) is 2.63.